The van der Waals surface area contributed by atoms with E-state index in [0.717, 1.165) is 18.4 Å². The van der Waals surface area contributed by atoms with Gasteiger partial charge in [-0.2, -0.15) is 0 Å². The van der Waals surface area contributed by atoms with Crippen LogP contribution in [0.2, 0.25) is 0 Å². The van der Waals surface area contributed by atoms with Gasteiger partial charge in [0.1, 0.15) is 0 Å². The van der Waals surface area contributed by atoms with Crippen LogP contribution in [0.4, 0.5) is 0 Å². The molecule has 0 unspecified atom stereocenters. The Morgan fingerprint density at radius 1 is 1.20 bits per heavy atom. The fraction of sp³-hybridized carbons (Fsp3) is 0.429. The van der Waals surface area contributed by atoms with Crippen molar-refractivity contribution in [1.29, 1.82) is 0 Å². The van der Waals surface area contributed by atoms with Crippen LogP contribution in [0.25, 0.3) is 6.08 Å². The lowest BCUT2D eigenvalue weighted by atomic mass is 9.95. The molecule has 1 aromatic rings. The minimum atomic E-state index is -3.44. The van der Waals surface area contributed by atoms with Crippen molar-refractivity contribution in [3.63, 3.8) is 0 Å². The van der Waals surface area contributed by atoms with E-state index in [9.17, 15) is 8.42 Å². The lowest BCUT2D eigenvalue weighted by molar-refractivity contribution is 0.392. The van der Waals surface area contributed by atoms with Gasteiger partial charge in [0.15, 0.2) is 0 Å². The van der Waals surface area contributed by atoms with Gasteiger partial charge >= 0.3 is 0 Å². The van der Waals surface area contributed by atoms with E-state index in [1.165, 1.54) is 5.41 Å². The number of rotatable bonds is 7. The highest BCUT2D eigenvalue weighted by Crippen LogP contribution is 2.10. The standard InChI is InChI=1S/C14H22N2O2S.ClH/c1-3-14(15,4-2)12-16-19(17,18)11-10-13-8-6-5-7-9-13;/h5-11,16H,3-4,12,15H2,1-2H3;1H/b11-10+;. The van der Waals surface area contributed by atoms with Gasteiger partial charge in [0.05, 0.1) is 0 Å². The lowest BCUT2D eigenvalue weighted by Crippen LogP contribution is -2.48. The summed E-state index contributed by atoms with van der Waals surface area (Å²) in [6, 6.07) is 9.29. The number of hydrogen-bond donors (Lipinski definition) is 2. The van der Waals surface area contributed by atoms with Gasteiger partial charge in [-0.15, -0.1) is 12.4 Å². The van der Waals surface area contributed by atoms with Gasteiger partial charge in [-0.25, -0.2) is 13.1 Å². The average Bonchev–Trinajstić information content (AvgIpc) is 2.44. The van der Waals surface area contributed by atoms with Crippen LogP contribution in [0, 0.1) is 0 Å². The summed E-state index contributed by atoms with van der Waals surface area (Å²) < 4.78 is 26.2. The fourth-order valence-corrected chi connectivity index (χ4v) is 2.45. The maximum atomic E-state index is 11.8. The highest BCUT2D eigenvalue weighted by molar-refractivity contribution is 7.92. The van der Waals surface area contributed by atoms with Gasteiger partial charge in [-0.1, -0.05) is 44.2 Å². The predicted octanol–water partition coefficient (Wildman–Crippen LogP) is 2.52. The van der Waals surface area contributed by atoms with E-state index in [-0.39, 0.29) is 19.0 Å². The van der Waals surface area contributed by atoms with Crippen LogP contribution in [0.5, 0.6) is 0 Å². The summed E-state index contributed by atoms with van der Waals surface area (Å²) >= 11 is 0. The summed E-state index contributed by atoms with van der Waals surface area (Å²) in [6.07, 6.45) is 3.03. The van der Waals surface area contributed by atoms with Crippen molar-refractivity contribution in [3.05, 3.63) is 41.3 Å². The monoisotopic (exact) mass is 318 g/mol. The summed E-state index contributed by atoms with van der Waals surface area (Å²) in [5.41, 5.74) is 6.43. The topological polar surface area (TPSA) is 72.2 Å². The van der Waals surface area contributed by atoms with Crippen molar-refractivity contribution >= 4 is 28.5 Å². The van der Waals surface area contributed by atoms with Crippen LogP contribution in [0.3, 0.4) is 0 Å². The molecular weight excluding hydrogens is 296 g/mol. The summed E-state index contributed by atoms with van der Waals surface area (Å²) in [4.78, 5) is 0. The Bertz CT molecular complexity index is 511. The quantitative estimate of drug-likeness (QED) is 0.811. The minimum Gasteiger partial charge on any atom is -0.324 e. The highest BCUT2D eigenvalue weighted by Gasteiger charge is 2.21. The largest absolute Gasteiger partial charge is 0.324 e. The van der Waals surface area contributed by atoms with Crippen LogP contribution in [-0.4, -0.2) is 20.5 Å². The predicted molar refractivity (Wildman–Crippen MR) is 87.1 cm³/mol. The zero-order chi connectivity index (χ0) is 14.4. The van der Waals surface area contributed by atoms with E-state index in [4.69, 9.17) is 5.73 Å². The average molecular weight is 319 g/mol. The van der Waals surface area contributed by atoms with Gasteiger partial charge < -0.3 is 5.73 Å². The molecule has 1 rings (SSSR count). The zero-order valence-corrected chi connectivity index (χ0v) is 13.5. The van der Waals surface area contributed by atoms with Crippen molar-refractivity contribution in [2.45, 2.75) is 32.2 Å². The summed E-state index contributed by atoms with van der Waals surface area (Å²) in [5, 5.41) is 1.17. The molecule has 0 bridgehead atoms. The Hall–Kier alpha value is -0.880. The Morgan fingerprint density at radius 2 is 1.75 bits per heavy atom. The molecule has 20 heavy (non-hydrogen) atoms. The number of halogens is 1. The molecule has 0 aliphatic rings. The molecule has 0 atom stereocenters. The van der Waals surface area contributed by atoms with E-state index in [0.29, 0.717) is 0 Å². The molecule has 0 aromatic heterocycles. The van der Waals surface area contributed by atoms with Gasteiger partial charge in [-0.05, 0) is 24.5 Å². The fourth-order valence-electron chi connectivity index (χ4n) is 1.52. The summed E-state index contributed by atoms with van der Waals surface area (Å²) in [6.45, 7) is 4.16. The Kier molecular flexibility index (Phi) is 8.05. The molecule has 0 aliphatic heterocycles. The van der Waals surface area contributed by atoms with Crippen LogP contribution >= 0.6 is 12.4 Å². The zero-order valence-electron chi connectivity index (χ0n) is 11.9. The smallest absolute Gasteiger partial charge is 0.233 e. The van der Waals surface area contributed by atoms with E-state index < -0.39 is 15.6 Å². The first-order valence-corrected chi connectivity index (χ1v) is 7.97. The third kappa shape index (κ3) is 6.52. The van der Waals surface area contributed by atoms with Gasteiger partial charge in [0, 0.05) is 17.5 Å². The lowest BCUT2D eigenvalue weighted by Gasteiger charge is -2.26. The molecule has 0 heterocycles. The van der Waals surface area contributed by atoms with Crippen molar-refractivity contribution in [3.8, 4) is 0 Å². The van der Waals surface area contributed by atoms with Crippen molar-refractivity contribution in [1.82, 2.24) is 4.72 Å². The third-order valence-corrected chi connectivity index (χ3v) is 4.31. The molecule has 0 spiro atoms. The SMILES string of the molecule is CCC(N)(CC)CNS(=O)(=O)/C=C/c1ccccc1.Cl. The van der Waals surface area contributed by atoms with Crippen LogP contribution < -0.4 is 10.5 Å². The van der Waals surface area contributed by atoms with Crippen LogP contribution in [-0.2, 0) is 10.0 Å². The number of nitrogens with two attached hydrogens (primary N) is 1. The maximum absolute atomic E-state index is 11.8. The molecular formula is C14H23ClN2O2S. The van der Waals surface area contributed by atoms with Gasteiger partial charge in [-0.3, -0.25) is 0 Å². The molecule has 1 aromatic carbocycles. The second kappa shape index (κ2) is 8.42. The molecule has 0 saturated carbocycles. The number of sulfonamides is 1. The maximum Gasteiger partial charge on any atom is 0.233 e. The molecule has 114 valence electrons. The van der Waals surface area contributed by atoms with E-state index in [1.807, 2.05) is 44.2 Å². The van der Waals surface area contributed by atoms with E-state index in [1.54, 1.807) is 6.08 Å². The van der Waals surface area contributed by atoms with Gasteiger partial charge in [0.2, 0.25) is 10.0 Å². The second-order valence-electron chi connectivity index (χ2n) is 4.65. The second-order valence-corrected chi connectivity index (χ2v) is 6.30. The molecule has 6 heteroatoms. The molecule has 0 amide bonds. The summed E-state index contributed by atoms with van der Waals surface area (Å²) in [7, 11) is -3.44. The third-order valence-electron chi connectivity index (χ3n) is 3.27. The molecule has 3 N–H and O–H groups in total. The van der Waals surface area contributed by atoms with E-state index >= 15 is 0 Å². The minimum absolute atomic E-state index is 0. The number of hydrogen-bond acceptors (Lipinski definition) is 3. The first kappa shape index (κ1) is 19.1. The van der Waals surface area contributed by atoms with Crippen LogP contribution in [0.1, 0.15) is 32.3 Å². The molecule has 0 aliphatic carbocycles. The first-order valence-electron chi connectivity index (χ1n) is 6.42. The van der Waals surface area contributed by atoms with E-state index in [2.05, 4.69) is 4.72 Å². The normalized spacial score (nSPS) is 12.3. The Labute approximate surface area is 127 Å². The molecule has 0 radical (unpaired) electrons. The Morgan fingerprint density at radius 3 is 2.25 bits per heavy atom. The van der Waals surface area contributed by atoms with Crippen molar-refractivity contribution in [2.24, 2.45) is 5.73 Å². The Balaban J connectivity index is 0.00000361. The highest BCUT2D eigenvalue weighted by atomic mass is 35.5. The van der Waals surface area contributed by atoms with Crippen molar-refractivity contribution < 1.29 is 8.42 Å². The number of nitrogens with one attached hydrogen (secondary N) is 1. The number of benzene rings is 1. The molecule has 4 nitrogen and oxygen atoms in total. The summed E-state index contributed by atoms with van der Waals surface area (Å²) in [5.74, 6) is 0. The van der Waals surface area contributed by atoms with Crippen molar-refractivity contribution in [2.75, 3.05) is 6.54 Å². The molecule has 0 fully saturated rings. The van der Waals surface area contributed by atoms with Crippen LogP contribution in [0.15, 0.2) is 35.7 Å². The first-order chi connectivity index (χ1) is 8.91. The molecule has 0 saturated heterocycles. The van der Waals surface area contributed by atoms with Gasteiger partial charge in [0.25, 0.3) is 0 Å².